The van der Waals surface area contributed by atoms with Crippen LogP contribution in [0.5, 0.6) is 5.75 Å². The molecule has 3 amide bonds. The van der Waals surface area contributed by atoms with Crippen molar-refractivity contribution in [2.24, 2.45) is 0 Å². The Labute approximate surface area is 173 Å². The lowest BCUT2D eigenvalue weighted by Gasteiger charge is -2.29. The largest absolute Gasteiger partial charge is 0.482 e. The summed E-state index contributed by atoms with van der Waals surface area (Å²) >= 11 is 5.79. The van der Waals surface area contributed by atoms with Crippen molar-refractivity contribution in [1.82, 2.24) is 9.88 Å². The van der Waals surface area contributed by atoms with Crippen molar-refractivity contribution in [3.63, 3.8) is 0 Å². The second kappa shape index (κ2) is 8.91. The number of carbonyl (C=O) groups excluding carboxylic acids is 3. The maximum Gasteiger partial charge on any atom is 0.265 e. The quantitative estimate of drug-likeness (QED) is 0.781. The molecule has 3 rings (SSSR count). The first kappa shape index (κ1) is 20.6. The highest BCUT2D eigenvalue weighted by atomic mass is 35.5. The molecule has 0 aliphatic carbocycles. The number of anilines is 2. The maximum atomic E-state index is 12.7. The van der Waals surface area contributed by atoms with Crippen LogP contribution in [0.25, 0.3) is 0 Å². The standard InChI is InChI=1S/C20H21ClN4O4/c1-3-24(4-2)20(28)13-5-7-16-15(9-13)25(19(27)12-29-16)11-18(26)23-17-8-6-14(21)10-22-17/h5-10H,3-4,11-12H2,1-2H3,(H,22,23,26). The topological polar surface area (TPSA) is 91.8 Å². The van der Waals surface area contributed by atoms with Crippen LogP contribution in [0.4, 0.5) is 11.5 Å². The Kier molecular flexibility index (Phi) is 6.33. The minimum Gasteiger partial charge on any atom is -0.482 e. The fourth-order valence-electron chi connectivity index (χ4n) is 2.98. The number of nitrogens with zero attached hydrogens (tertiary/aromatic N) is 3. The number of pyridine rings is 1. The van der Waals surface area contributed by atoms with Gasteiger partial charge in [0.05, 0.1) is 10.7 Å². The van der Waals surface area contributed by atoms with Gasteiger partial charge in [-0.15, -0.1) is 0 Å². The van der Waals surface area contributed by atoms with Crippen LogP contribution < -0.4 is 15.0 Å². The number of amides is 3. The summed E-state index contributed by atoms with van der Waals surface area (Å²) in [6.07, 6.45) is 1.41. The predicted octanol–water partition coefficient (Wildman–Crippen LogP) is 2.58. The molecule has 0 saturated heterocycles. The molecular formula is C20H21ClN4O4. The summed E-state index contributed by atoms with van der Waals surface area (Å²) in [5.74, 6) is -0.180. The molecule has 8 nitrogen and oxygen atoms in total. The number of hydrogen-bond donors (Lipinski definition) is 1. The van der Waals surface area contributed by atoms with E-state index in [0.29, 0.717) is 40.9 Å². The Morgan fingerprint density at radius 1 is 1.24 bits per heavy atom. The number of aromatic nitrogens is 1. The van der Waals surface area contributed by atoms with Gasteiger partial charge in [-0.05, 0) is 44.2 Å². The molecule has 0 bridgehead atoms. The highest BCUT2D eigenvalue weighted by Gasteiger charge is 2.29. The summed E-state index contributed by atoms with van der Waals surface area (Å²) < 4.78 is 5.45. The lowest BCUT2D eigenvalue weighted by Crippen LogP contribution is -2.43. The zero-order valence-corrected chi connectivity index (χ0v) is 16.9. The predicted molar refractivity (Wildman–Crippen MR) is 109 cm³/mol. The van der Waals surface area contributed by atoms with Crippen molar-refractivity contribution in [2.75, 3.05) is 36.5 Å². The molecule has 1 aliphatic rings. The number of rotatable bonds is 6. The number of carbonyl (C=O) groups is 3. The SMILES string of the molecule is CCN(CC)C(=O)c1ccc2c(c1)N(CC(=O)Nc1ccc(Cl)cn1)C(=O)CO2. The Hall–Kier alpha value is -3.13. The van der Waals surface area contributed by atoms with Crippen molar-refractivity contribution in [1.29, 1.82) is 0 Å². The van der Waals surface area contributed by atoms with E-state index < -0.39 is 5.91 Å². The van der Waals surface area contributed by atoms with Gasteiger partial charge in [0.2, 0.25) is 5.91 Å². The van der Waals surface area contributed by atoms with Crippen LogP contribution in [0.1, 0.15) is 24.2 Å². The number of halogens is 1. The second-order valence-corrected chi connectivity index (χ2v) is 6.77. The molecule has 1 aliphatic heterocycles. The van der Waals surface area contributed by atoms with E-state index in [9.17, 15) is 14.4 Å². The van der Waals surface area contributed by atoms with Crippen LogP contribution in [0.2, 0.25) is 5.02 Å². The summed E-state index contributed by atoms with van der Waals surface area (Å²) in [7, 11) is 0. The summed E-state index contributed by atoms with van der Waals surface area (Å²) in [5, 5.41) is 3.07. The Balaban J connectivity index is 1.82. The molecule has 0 radical (unpaired) electrons. The highest BCUT2D eigenvalue weighted by Crippen LogP contribution is 2.33. The second-order valence-electron chi connectivity index (χ2n) is 6.34. The van der Waals surface area contributed by atoms with E-state index in [1.165, 1.54) is 11.1 Å². The highest BCUT2D eigenvalue weighted by molar-refractivity contribution is 6.30. The van der Waals surface area contributed by atoms with E-state index in [2.05, 4.69) is 10.3 Å². The minimum atomic E-state index is -0.429. The smallest absolute Gasteiger partial charge is 0.265 e. The van der Waals surface area contributed by atoms with E-state index in [1.807, 2.05) is 13.8 Å². The average molecular weight is 417 g/mol. The summed E-state index contributed by atoms with van der Waals surface area (Å²) in [5.41, 5.74) is 0.814. The van der Waals surface area contributed by atoms with Crippen molar-refractivity contribution in [3.8, 4) is 5.75 Å². The van der Waals surface area contributed by atoms with E-state index in [1.54, 1.807) is 35.2 Å². The number of hydrogen-bond acceptors (Lipinski definition) is 5. The number of ether oxygens (including phenoxy) is 1. The molecule has 2 heterocycles. The Morgan fingerprint density at radius 3 is 2.66 bits per heavy atom. The van der Waals surface area contributed by atoms with Gasteiger partial charge in [0.15, 0.2) is 6.61 Å². The van der Waals surface area contributed by atoms with Gasteiger partial charge in [-0.1, -0.05) is 11.6 Å². The van der Waals surface area contributed by atoms with E-state index in [-0.39, 0.29) is 25.0 Å². The summed E-state index contributed by atoms with van der Waals surface area (Å²) in [6.45, 7) is 4.52. The monoisotopic (exact) mass is 416 g/mol. The van der Waals surface area contributed by atoms with E-state index in [0.717, 1.165) is 0 Å². The van der Waals surface area contributed by atoms with Crippen LogP contribution in [-0.4, -0.2) is 53.8 Å². The van der Waals surface area contributed by atoms with Crippen LogP contribution in [0, 0.1) is 0 Å². The van der Waals surface area contributed by atoms with Crippen LogP contribution in [-0.2, 0) is 9.59 Å². The summed E-state index contributed by atoms with van der Waals surface area (Å²) in [6, 6.07) is 8.05. The average Bonchev–Trinajstić information content (AvgIpc) is 2.72. The molecule has 9 heteroatoms. The number of benzene rings is 1. The molecule has 152 valence electrons. The molecule has 0 unspecified atom stereocenters. The summed E-state index contributed by atoms with van der Waals surface area (Å²) in [4.78, 5) is 44.5. The normalized spacial score (nSPS) is 12.8. The molecule has 1 aromatic carbocycles. The Morgan fingerprint density at radius 2 is 2.00 bits per heavy atom. The van der Waals surface area contributed by atoms with Gasteiger partial charge in [0.25, 0.3) is 11.8 Å². The van der Waals surface area contributed by atoms with Gasteiger partial charge in [-0.3, -0.25) is 19.3 Å². The molecule has 0 fully saturated rings. The van der Waals surface area contributed by atoms with E-state index in [4.69, 9.17) is 16.3 Å². The Bertz CT molecular complexity index is 929. The van der Waals surface area contributed by atoms with Gasteiger partial charge in [-0.2, -0.15) is 0 Å². The molecule has 0 atom stereocenters. The minimum absolute atomic E-state index is 0.148. The van der Waals surface area contributed by atoms with Gasteiger partial charge in [0, 0.05) is 24.8 Å². The van der Waals surface area contributed by atoms with Crippen molar-refractivity contribution >= 4 is 40.8 Å². The van der Waals surface area contributed by atoms with Crippen LogP contribution >= 0.6 is 11.6 Å². The number of fused-ring (bicyclic) bond motifs is 1. The molecule has 29 heavy (non-hydrogen) atoms. The molecule has 0 saturated carbocycles. The zero-order valence-electron chi connectivity index (χ0n) is 16.1. The van der Waals surface area contributed by atoms with Crippen molar-refractivity contribution in [3.05, 3.63) is 47.1 Å². The molecule has 1 N–H and O–H groups in total. The van der Waals surface area contributed by atoms with Gasteiger partial charge in [-0.25, -0.2) is 4.98 Å². The zero-order chi connectivity index (χ0) is 21.0. The van der Waals surface area contributed by atoms with Crippen molar-refractivity contribution in [2.45, 2.75) is 13.8 Å². The van der Waals surface area contributed by atoms with Gasteiger partial charge >= 0.3 is 0 Å². The third kappa shape index (κ3) is 4.65. The van der Waals surface area contributed by atoms with Gasteiger partial charge in [0.1, 0.15) is 18.1 Å². The fourth-order valence-corrected chi connectivity index (χ4v) is 3.09. The van der Waals surface area contributed by atoms with E-state index >= 15 is 0 Å². The first-order chi connectivity index (χ1) is 13.9. The third-order valence-corrected chi connectivity index (χ3v) is 4.72. The van der Waals surface area contributed by atoms with Gasteiger partial charge < -0.3 is 15.0 Å². The molecular weight excluding hydrogens is 396 g/mol. The fraction of sp³-hybridized carbons (Fsp3) is 0.300. The molecule has 2 aromatic rings. The maximum absolute atomic E-state index is 12.7. The lowest BCUT2D eigenvalue weighted by molar-refractivity contribution is -0.123. The van der Waals surface area contributed by atoms with Crippen LogP contribution in [0.3, 0.4) is 0 Å². The number of nitrogens with one attached hydrogen (secondary N) is 1. The van der Waals surface area contributed by atoms with Crippen molar-refractivity contribution < 1.29 is 19.1 Å². The molecule has 0 spiro atoms. The molecule has 1 aromatic heterocycles. The lowest BCUT2D eigenvalue weighted by atomic mass is 10.1. The first-order valence-corrected chi connectivity index (χ1v) is 9.58. The first-order valence-electron chi connectivity index (χ1n) is 9.20. The van der Waals surface area contributed by atoms with Crippen LogP contribution in [0.15, 0.2) is 36.5 Å². The third-order valence-electron chi connectivity index (χ3n) is 4.50.